The van der Waals surface area contributed by atoms with E-state index in [1.807, 2.05) is 11.3 Å². The lowest BCUT2D eigenvalue weighted by Crippen LogP contribution is -2.29. The molecule has 4 heteroatoms. The van der Waals surface area contributed by atoms with Crippen LogP contribution in [-0.2, 0) is 4.74 Å². The molecule has 0 aromatic carbocycles. The van der Waals surface area contributed by atoms with Gasteiger partial charge in [-0.15, -0.1) is 11.3 Å². The third-order valence-corrected chi connectivity index (χ3v) is 4.88. The van der Waals surface area contributed by atoms with E-state index in [0.29, 0.717) is 6.04 Å². The predicted molar refractivity (Wildman–Crippen MR) is 72.0 cm³/mol. The molecule has 16 heavy (non-hydrogen) atoms. The molecule has 0 spiro atoms. The first-order valence-electron chi connectivity index (χ1n) is 5.82. The maximum absolute atomic E-state index is 5.36. The molecule has 0 aliphatic carbocycles. The fourth-order valence-electron chi connectivity index (χ4n) is 1.96. The van der Waals surface area contributed by atoms with Gasteiger partial charge in [0.15, 0.2) is 0 Å². The van der Waals surface area contributed by atoms with Gasteiger partial charge in [-0.05, 0) is 60.3 Å². The lowest BCUT2D eigenvalue weighted by molar-refractivity contribution is 0.0656. The third kappa shape index (κ3) is 3.55. The molecule has 0 amide bonds. The van der Waals surface area contributed by atoms with Crippen LogP contribution in [0.25, 0.3) is 0 Å². The largest absolute Gasteiger partial charge is 0.381 e. The van der Waals surface area contributed by atoms with Gasteiger partial charge in [-0.3, -0.25) is 0 Å². The van der Waals surface area contributed by atoms with Crippen molar-refractivity contribution in [2.45, 2.75) is 25.8 Å². The van der Waals surface area contributed by atoms with Crippen LogP contribution in [0.2, 0.25) is 0 Å². The predicted octanol–water partition coefficient (Wildman–Crippen LogP) is 3.59. The Morgan fingerprint density at radius 2 is 2.25 bits per heavy atom. The van der Waals surface area contributed by atoms with E-state index in [0.717, 1.165) is 25.7 Å². The standard InChI is InChI=1S/C12H18BrNOS/c1-9(11-2-3-12(13)16-11)14-8-10-4-6-15-7-5-10/h2-3,9-10,14H,4-8H2,1H3. The summed E-state index contributed by atoms with van der Waals surface area (Å²) in [5, 5.41) is 3.62. The van der Waals surface area contributed by atoms with Gasteiger partial charge >= 0.3 is 0 Å². The van der Waals surface area contributed by atoms with E-state index in [1.54, 1.807) is 0 Å². The third-order valence-electron chi connectivity index (χ3n) is 3.07. The molecule has 1 N–H and O–H groups in total. The van der Waals surface area contributed by atoms with Crippen molar-refractivity contribution < 1.29 is 4.74 Å². The fraction of sp³-hybridized carbons (Fsp3) is 0.667. The number of hydrogen-bond donors (Lipinski definition) is 1. The van der Waals surface area contributed by atoms with Crippen LogP contribution in [-0.4, -0.2) is 19.8 Å². The zero-order valence-corrected chi connectivity index (χ0v) is 11.9. The molecular formula is C12H18BrNOS. The highest BCUT2D eigenvalue weighted by atomic mass is 79.9. The average molecular weight is 304 g/mol. The molecule has 2 rings (SSSR count). The van der Waals surface area contributed by atoms with Crippen LogP contribution < -0.4 is 5.32 Å². The van der Waals surface area contributed by atoms with E-state index in [1.165, 1.54) is 21.5 Å². The van der Waals surface area contributed by atoms with Gasteiger partial charge in [0, 0.05) is 24.1 Å². The number of nitrogens with one attached hydrogen (secondary N) is 1. The molecule has 90 valence electrons. The summed E-state index contributed by atoms with van der Waals surface area (Å²) in [5.41, 5.74) is 0. The Morgan fingerprint density at radius 1 is 1.50 bits per heavy atom. The molecule has 2 nitrogen and oxygen atoms in total. The number of ether oxygens (including phenoxy) is 1. The summed E-state index contributed by atoms with van der Waals surface area (Å²) < 4.78 is 6.57. The topological polar surface area (TPSA) is 21.3 Å². The van der Waals surface area contributed by atoms with Crippen LogP contribution in [0.5, 0.6) is 0 Å². The van der Waals surface area contributed by atoms with Crippen molar-refractivity contribution in [1.82, 2.24) is 5.32 Å². The van der Waals surface area contributed by atoms with Gasteiger partial charge in [-0.25, -0.2) is 0 Å². The fourth-order valence-corrected chi connectivity index (χ4v) is 3.41. The summed E-state index contributed by atoms with van der Waals surface area (Å²) >= 11 is 5.31. The number of hydrogen-bond acceptors (Lipinski definition) is 3. The van der Waals surface area contributed by atoms with Crippen molar-refractivity contribution in [3.05, 3.63) is 20.8 Å². The zero-order chi connectivity index (χ0) is 11.4. The minimum atomic E-state index is 0.458. The van der Waals surface area contributed by atoms with Crippen molar-refractivity contribution in [2.24, 2.45) is 5.92 Å². The highest BCUT2D eigenvalue weighted by molar-refractivity contribution is 9.11. The summed E-state index contributed by atoms with van der Waals surface area (Å²) in [6.45, 7) is 5.22. The molecule has 1 saturated heterocycles. The molecule has 1 aliphatic rings. The summed E-state index contributed by atoms with van der Waals surface area (Å²) in [6, 6.07) is 4.77. The summed E-state index contributed by atoms with van der Waals surface area (Å²) in [5.74, 6) is 0.791. The number of thiophene rings is 1. The molecule has 1 aromatic heterocycles. The lowest BCUT2D eigenvalue weighted by atomic mass is 10.00. The van der Waals surface area contributed by atoms with Gasteiger partial charge in [0.05, 0.1) is 3.79 Å². The van der Waals surface area contributed by atoms with Crippen LogP contribution in [0.15, 0.2) is 15.9 Å². The van der Waals surface area contributed by atoms with Crippen molar-refractivity contribution >= 4 is 27.3 Å². The van der Waals surface area contributed by atoms with E-state index < -0.39 is 0 Å². The molecule has 1 unspecified atom stereocenters. The number of rotatable bonds is 4. The molecule has 1 fully saturated rings. The van der Waals surface area contributed by atoms with E-state index in [4.69, 9.17) is 4.74 Å². The zero-order valence-electron chi connectivity index (χ0n) is 9.54. The Labute approximate surface area is 110 Å². The molecule has 1 aliphatic heterocycles. The Hall–Kier alpha value is 0.1000. The van der Waals surface area contributed by atoms with Crippen LogP contribution in [0, 0.1) is 5.92 Å². The lowest BCUT2D eigenvalue weighted by Gasteiger charge is -2.24. The van der Waals surface area contributed by atoms with Crippen molar-refractivity contribution in [3.8, 4) is 0 Å². The van der Waals surface area contributed by atoms with E-state index >= 15 is 0 Å². The van der Waals surface area contributed by atoms with Gasteiger partial charge in [-0.2, -0.15) is 0 Å². The van der Waals surface area contributed by atoms with Crippen molar-refractivity contribution in [1.29, 1.82) is 0 Å². The Kier molecular flexibility index (Phi) is 4.82. The Morgan fingerprint density at radius 3 is 2.88 bits per heavy atom. The average Bonchev–Trinajstić information content (AvgIpc) is 2.74. The summed E-state index contributed by atoms with van der Waals surface area (Å²) in [4.78, 5) is 1.40. The number of halogens is 1. The molecule has 0 bridgehead atoms. The first-order chi connectivity index (χ1) is 7.75. The van der Waals surface area contributed by atoms with E-state index in [2.05, 4.69) is 40.3 Å². The van der Waals surface area contributed by atoms with Crippen LogP contribution in [0.1, 0.15) is 30.7 Å². The minimum Gasteiger partial charge on any atom is -0.381 e. The van der Waals surface area contributed by atoms with Crippen LogP contribution >= 0.6 is 27.3 Å². The van der Waals surface area contributed by atoms with E-state index in [9.17, 15) is 0 Å². The van der Waals surface area contributed by atoms with Crippen molar-refractivity contribution in [2.75, 3.05) is 19.8 Å². The van der Waals surface area contributed by atoms with E-state index in [-0.39, 0.29) is 0 Å². The second-order valence-corrected chi connectivity index (χ2v) is 6.82. The molecule has 1 atom stereocenters. The van der Waals surface area contributed by atoms with Crippen LogP contribution in [0.4, 0.5) is 0 Å². The second kappa shape index (κ2) is 6.15. The van der Waals surface area contributed by atoms with Gasteiger partial charge < -0.3 is 10.1 Å². The quantitative estimate of drug-likeness (QED) is 0.918. The Balaban J connectivity index is 1.76. The van der Waals surface area contributed by atoms with Gasteiger partial charge in [-0.1, -0.05) is 0 Å². The normalized spacial score (nSPS) is 19.9. The second-order valence-electron chi connectivity index (χ2n) is 4.33. The van der Waals surface area contributed by atoms with Crippen molar-refractivity contribution in [3.63, 3.8) is 0 Å². The molecule has 2 heterocycles. The maximum Gasteiger partial charge on any atom is 0.0701 e. The Bertz CT molecular complexity index is 323. The SMILES string of the molecule is CC(NCC1CCOCC1)c1ccc(Br)s1. The first kappa shape index (κ1) is 12.6. The summed E-state index contributed by atoms with van der Waals surface area (Å²) in [6.07, 6.45) is 2.40. The summed E-state index contributed by atoms with van der Waals surface area (Å²) in [7, 11) is 0. The highest BCUT2D eigenvalue weighted by Gasteiger charge is 2.15. The molecule has 0 radical (unpaired) electrons. The highest BCUT2D eigenvalue weighted by Crippen LogP contribution is 2.27. The minimum absolute atomic E-state index is 0.458. The molecule has 1 aromatic rings. The monoisotopic (exact) mass is 303 g/mol. The molecular weight excluding hydrogens is 286 g/mol. The van der Waals surface area contributed by atoms with Crippen LogP contribution in [0.3, 0.4) is 0 Å². The van der Waals surface area contributed by atoms with Gasteiger partial charge in [0.25, 0.3) is 0 Å². The molecule has 0 saturated carbocycles. The van der Waals surface area contributed by atoms with Gasteiger partial charge in [0.1, 0.15) is 0 Å². The first-order valence-corrected chi connectivity index (χ1v) is 7.43. The van der Waals surface area contributed by atoms with Gasteiger partial charge in [0.2, 0.25) is 0 Å². The maximum atomic E-state index is 5.36. The smallest absolute Gasteiger partial charge is 0.0701 e.